The lowest BCUT2D eigenvalue weighted by molar-refractivity contribution is -0.116. The predicted molar refractivity (Wildman–Crippen MR) is 155 cm³/mol. The minimum Gasteiger partial charge on any atom is -0.368 e. The highest BCUT2D eigenvalue weighted by Crippen LogP contribution is 2.21. The Balaban J connectivity index is 1.27. The molecule has 1 saturated heterocycles. The van der Waals surface area contributed by atoms with E-state index in [1.54, 1.807) is 12.1 Å². The van der Waals surface area contributed by atoms with Crippen LogP contribution in [-0.4, -0.2) is 72.6 Å². The average molecular weight is 553 g/mol. The molecule has 0 radical (unpaired) electrons. The molecule has 2 aromatic carbocycles. The monoisotopic (exact) mass is 552 g/mol. The zero-order valence-electron chi connectivity index (χ0n) is 23.5. The lowest BCUT2D eigenvalue weighted by atomic mass is 9.96. The van der Waals surface area contributed by atoms with Crippen LogP contribution in [0.2, 0.25) is 0 Å². The van der Waals surface area contributed by atoms with Crippen LogP contribution >= 0.6 is 0 Å². The summed E-state index contributed by atoms with van der Waals surface area (Å²) in [6, 6.07) is 13.4. The normalized spacial score (nSPS) is 16.0. The van der Waals surface area contributed by atoms with E-state index in [1.165, 1.54) is 36.3 Å². The van der Waals surface area contributed by atoms with E-state index in [2.05, 4.69) is 20.9 Å². The zero-order chi connectivity index (χ0) is 28.5. The molecule has 0 aromatic heterocycles. The maximum atomic E-state index is 13.3. The molecule has 0 atom stereocenters. The van der Waals surface area contributed by atoms with Gasteiger partial charge in [-0.2, -0.15) is 0 Å². The van der Waals surface area contributed by atoms with Gasteiger partial charge < -0.3 is 30.7 Å². The van der Waals surface area contributed by atoms with Gasteiger partial charge in [-0.25, -0.2) is 14.0 Å². The molecule has 10 heteroatoms. The van der Waals surface area contributed by atoms with Gasteiger partial charge in [0.1, 0.15) is 12.4 Å². The molecule has 2 fully saturated rings. The summed E-state index contributed by atoms with van der Waals surface area (Å²) in [6.45, 7) is 6.54. The first-order valence-electron chi connectivity index (χ1n) is 14.3. The van der Waals surface area contributed by atoms with Crippen molar-refractivity contribution in [3.8, 4) is 0 Å². The molecule has 216 valence electrons. The number of anilines is 2. The van der Waals surface area contributed by atoms with Crippen molar-refractivity contribution in [3.63, 3.8) is 0 Å². The summed E-state index contributed by atoms with van der Waals surface area (Å²) in [5.74, 6) is -0.684. The van der Waals surface area contributed by atoms with E-state index in [4.69, 9.17) is 0 Å². The van der Waals surface area contributed by atoms with E-state index in [0.717, 1.165) is 37.2 Å². The van der Waals surface area contributed by atoms with E-state index < -0.39 is 0 Å². The fourth-order valence-corrected chi connectivity index (χ4v) is 5.16. The molecular formula is C30H41FN6O3. The van der Waals surface area contributed by atoms with Crippen LogP contribution in [0.3, 0.4) is 0 Å². The fraction of sp³-hybridized carbons (Fsp3) is 0.500. The van der Waals surface area contributed by atoms with Gasteiger partial charge in [-0.05, 0) is 68.7 Å². The minimum absolute atomic E-state index is 0.0418. The van der Waals surface area contributed by atoms with Gasteiger partial charge in [-0.15, -0.1) is 0 Å². The third-order valence-corrected chi connectivity index (χ3v) is 7.34. The van der Waals surface area contributed by atoms with Crippen molar-refractivity contribution in [1.29, 1.82) is 0 Å². The maximum absolute atomic E-state index is 13.3. The average Bonchev–Trinajstić information content (AvgIpc) is 2.94. The number of rotatable bonds is 8. The molecule has 4 rings (SSSR count). The van der Waals surface area contributed by atoms with Crippen molar-refractivity contribution in [3.05, 3.63) is 59.9 Å². The van der Waals surface area contributed by atoms with Gasteiger partial charge in [0.05, 0.1) is 0 Å². The SMILES string of the molecule is CC(C)NC(=O)N(CC(=O)Nc1ccc(N2CCN(C(=O)NC3CCCCC3)CC2)cc1)Cc1ccc(F)cc1. The third kappa shape index (κ3) is 8.59. The molecule has 1 heterocycles. The Morgan fingerprint density at radius 1 is 0.925 bits per heavy atom. The number of halogens is 1. The first-order chi connectivity index (χ1) is 19.3. The number of amides is 5. The largest absolute Gasteiger partial charge is 0.368 e. The van der Waals surface area contributed by atoms with Crippen molar-refractivity contribution >= 4 is 29.3 Å². The molecule has 2 aliphatic rings. The standard InChI is InChI=1S/C30H41FN6O3/c1-22(2)32-29(39)37(20-23-8-10-24(31)11-9-23)21-28(38)33-26-12-14-27(15-13-26)35-16-18-36(19-17-35)30(40)34-25-6-4-3-5-7-25/h8-15,22,25H,3-7,16-21H2,1-2H3,(H,32,39)(H,33,38)(H,34,40). The fourth-order valence-electron chi connectivity index (χ4n) is 5.16. The van der Waals surface area contributed by atoms with E-state index in [-0.39, 0.29) is 42.9 Å². The van der Waals surface area contributed by atoms with Gasteiger partial charge in [0.25, 0.3) is 0 Å². The number of carbonyl (C=O) groups excluding carboxylic acids is 3. The molecule has 40 heavy (non-hydrogen) atoms. The number of benzene rings is 2. The summed E-state index contributed by atoms with van der Waals surface area (Å²) in [6.07, 6.45) is 5.80. The summed E-state index contributed by atoms with van der Waals surface area (Å²) in [5.41, 5.74) is 2.38. The Morgan fingerprint density at radius 2 is 1.57 bits per heavy atom. The molecule has 1 saturated carbocycles. The third-order valence-electron chi connectivity index (χ3n) is 7.34. The van der Waals surface area contributed by atoms with E-state index in [9.17, 15) is 18.8 Å². The number of nitrogens with zero attached hydrogens (tertiary/aromatic N) is 3. The van der Waals surface area contributed by atoms with Crippen LogP contribution in [0, 0.1) is 5.82 Å². The van der Waals surface area contributed by atoms with E-state index in [0.29, 0.717) is 24.8 Å². The smallest absolute Gasteiger partial charge is 0.318 e. The second-order valence-electron chi connectivity index (χ2n) is 10.9. The number of hydrogen-bond donors (Lipinski definition) is 3. The number of piperazine rings is 1. The van der Waals surface area contributed by atoms with Crippen molar-refractivity contribution in [2.45, 2.75) is 64.6 Å². The van der Waals surface area contributed by atoms with Crippen LogP contribution in [-0.2, 0) is 11.3 Å². The van der Waals surface area contributed by atoms with Crippen LogP contribution < -0.4 is 20.9 Å². The second-order valence-corrected chi connectivity index (χ2v) is 10.9. The summed E-state index contributed by atoms with van der Waals surface area (Å²) in [5, 5.41) is 8.88. The second kappa shape index (κ2) is 14.0. The Bertz CT molecular complexity index is 1130. The molecule has 1 aliphatic heterocycles. The Morgan fingerprint density at radius 3 is 2.20 bits per heavy atom. The molecule has 0 bridgehead atoms. The number of carbonyl (C=O) groups is 3. The van der Waals surface area contributed by atoms with E-state index in [1.807, 2.05) is 43.0 Å². The maximum Gasteiger partial charge on any atom is 0.318 e. The highest BCUT2D eigenvalue weighted by molar-refractivity contribution is 5.94. The Hall–Kier alpha value is -3.82. The summed E-state index contributed by atoms with van der Waals surface area (Å²) in [7, 11) is 0. The van der Waals surface area contributed by atoms with Crippen molar-refractivity contribution in [2.24, 2.45) is 0 Å². The topological polar surface area (TPSA) is 97.0 Å². The predicted octanol–water partition coefficient (Wildman–Crippen LogP) is 4.55. The lowest BCUT2D eigenvalue weighted by Gasteiger charge is -2.37. The Labute approximate surface area is 236 Å². The lowest BCUT2D eigenvalue weighted by Crippen LogP contribution is -2.53. The number of urea groups is 2. The first kappa shape index (κ1) is 29.2. The number of nitrogens with one attached hydrogen (secondary N) is 3. The Kier molecular flexibility index (Phi) is 10.2. The van der Waals surface area contributed by atoms with Crippen LogP contribution in [0.15, 0.2) is 48.5 Å². The van der Waals surface area contributed by atoms with Crippen LogP contribution in [0.25, 0.3) is 0 Å². The molecule has 3 N–H and O–H groups in total. The summed E-state index contributed by atoms with van der Waals surface area (Å²) >= 11 is 0. The minimum atomic E-state index is -0.364. The van der Waals surface area contributed by atoms with Crippen LogP contribution in [0.1, 0.15) is 51.5 Å². The van der Waals surface area contributed by atoms with Crippen molar-refractivity contribution in [2.75, 3.05) is 42.9 Å². The molecule has 1 aliphatic carbocycles. The highest BCUT2D eigenvalue weighted by Gasteiger charge is 2.24. The molecule has 0 unspecified atom stereocenters. The van der Waals surface area contributed by atoms with Crippen LogP contribution in [0.4, 0.5) is 25.4 Å². The van der Waals surface area contributed by atoms with Gasteiger partial charge in [0.15, 0.2) is 0 Å². The molecule has 9 nitrogen and oxygen atoms in total. The zero-order valence-corrected chi connectivity index (χ0v) is 23.5. The highest BCUT2D eigenvalue weighted by atomic mass is 19.1. The van der Waals surface area contributed by atoms with Crippen molar-refractivity contribution < 1.29 is 18.8 Å². The quantitative estimate of drug-likeness (QED) is 0.448. The number of hydrogen-bond acceptors (Lipinski definition) is 4. The van der Waals surface area contributed by atoms with E-state index >= 15 is 0 Å². The van der Waals surface area contributed by atoms with Gasteiger partial charge in [0.2, 0.25) is 5.91 Å². The van der Waals surface area contributed by atoms with Gasteiger partial charge in [-0.1, -0.05) is 31.4 Å². The van der Waals surface area contributed by atoms with Gasteiger partial charge in [-0.3, -0.25) is 4.79 Å². The summed E-state index contributed by atoms with van der Waals surface area (Å²) in [4.78, 5) is 43.8. The molecule has 2 aromatic rings. The van der Waals surface area contributed by atoms with Crippen LogP contribution in [0.5, 0.6) is 0 Å². The van der Waals surface area contributed by atoms with Gasteiger partial charge >= 0.3 is 12.1 Å². The first-order valence-corrected chi connectivity index (χ1v) is 14.3. The summed E-state index contributed by atoms with van der Waals surface area (Å²) < 4.78 is 13.3. The molecule has 0 spiro atoms. The van der Waals surface area contributed by atoms with Crippen molar-refractivity contribution in [1.82, 2.24) is 20.4 Å². The molecule has 5 amide bonds. The van der Waals surface area contributed by atoms with Gasteiger partial charge in [0, 0.05) is 56.2 Å². The molecular weight excluding hydrogens is 511 g/mol.